The Morgan fingerprint density at radius 3 is 2.57 bits per heavy atom. The largest absolute Gasteiger partial charge is 0.367 e. The number of carbonyl (C=O) groups is 1. The van der Waals surface area contributed by atoms with Gasteiger partial charge in [-0.2, -0.15) is 0 Å². The lowest BCUT2D eigenvalue weighted by molar-refractivity contribution is 0.0963. The van der Waals surface area contributed by atoms with Crippen molar-refractivity contribution in [3.05, 3.63) is 77.8 Å². The predicted molar refractivity (Wildman–Crippen MR) is 107 cm³/mol. The molecule has 30 heavy (non-hydrogen) atoms. The van der Waals surface area contributed by atoms with Crippen molar-refractivity contribution >= 4 is 11.7 Å². The van der Waals surface area contributed by atoms with Gasteiger partial charge < -0.3 is 11.1 Å². The number of nitrogens with two attached hydrogens (primary N) is 1. The number of rotatable bonds is 6. The molecule has 4 rings (SSSR count). The number of carbonyl (C=O) groups excluding carboxylic acids is 1. The summed E-state index contributed by atoms with van der Waals surface area (Å²) in [6.45, 7) is 0.0990. The number of hydrogen-bond donors (Lipinski definition) is 2. The Kier molecular flexibility index (Phi) is 5.15. The molecule has 0 aliphatic heterocycles. The third kappa shape index (κ3) is 3.72. The number of nitrogens with zero attached hydrogens (tertiary/aromatic N) is 2. The molecular formula is C22H19F3N4O. The zero-order chi connectivity index (χ0) is 21.3. The molecule has 0 saturated heterocycles. The number of anilines is 1. The van der Waals surface area contributed by atoms with Crippen molar-refractivity contribution in [1.82, 2.24) is 9.97 Å². The highest BCUT2D eigenvalue weighted by molar-refractivity contribution is 5.94. The Bertz CT molecular complexity index is 1100. The number of amides is 1. The first kappa shape index (κ1) is 19.9. The van der Waals surface area contributed by atoms with Crippen molar-refractivity contribution in [3.63, 3.8) is 0 Å². The minimum absolute atomic E-state index is 0.0252. The Hall–Kier alpha value is -3.42. The molecule has 1 aliphatic rings. The summed E-state index contributed by atoms with van der Waals surface area (Å²) >= 11 is 0. The molecule has 5 nitrogen and oxygen atoms in total. The lowest BCUT2D eigenvalue weighted by atomic mass is 9.65. The molecule has 8 heteroatoms. The third-order valence-electron chi connectivity index (χ3n) is 5.40. The SMILES string of the molecule is NC(=O)c1cccc(-c2cnc(NCC3(c4ncccc4F)CC(F)C3)c(F)c2)c1. The number of halogens is 3. The van der Waals surface area contributed by atoms with Crippen LogP contribution in [-0.2, 0) is 5.41 Å². The number of alkyl halides is 1. The minimum Gasteiger partial charge on any atom is -0.367 e. The van der Waals surface area contributed by atoms with Crippen molar-refractivity contribution in [2.45, 2.75) is 24.4 Å². The second-order valence-electron chi connectivity index (χ2n) is 7.47. The van der Waals surface area contributed by atoms with Gasteiger partial charge in [-0.05, 0) is 48.7 Å². The summed E-state index contributed by atoms with van der Waals surface area (Å²) in [4.78, 5) is 19.5. The molecule has 0 spiro atoms. The molecule has 0 radical (unpaired) electrons. The average molecular weight is 412 g/mol. The molecule has 154 valence electrons. The lowest BCUT2D eigenvalue weighted by Crippen LogP contribution is -2.49. The van der Waals surface area contributed by atoms with E-state index in [-0.39, 0.29) is 30.9 Å². The highest BCUT2D eigenvalue weighted by Gasteiger charge is 2.48. The van der Waals surface area contributed by atoms with E-state index in [9.17, 15) is 18.0 Å². The maximum atomic E-state index is 14.7. The van der Waals surface area contributed by atoms with Gasteiger partial charge in [0.25, 0.3) is 0 Å². The number of nitrogens with one attached hydrogen (secondary N) is 1. The topological polar surface area (TPSA) is 80.9 Å². The Morgan fingerprint density at radius 1 is 1.10 bits per heavy atom. The minimum atomic E-state index is -1.05. The molecule has 2 aromatic heterocycles. The van der Waals surface area contributed by atoms with E-state index in [1.54, 1.807) is 24.3 Å². The van der Waals surface area contributed by atoms with E-state index in [4.69, 9.17) is 5.73 Å². The van der Waals surface area contributed by atoms with Crippen molar-refractivity contribution in [1.29, 1.82) is 0 Å². The van der Waals surface area contributed by atoms with Gasteiger partial charge in [-0.3, -0.25) is 9.78 Å². The van der Waals surface area contributed by atoms with Crippen LogP contribution in [-0.4, -0.2) is 28.6 Å². The summed E-state index contributed by atoms with van der Waals surface area (Å²) in [5.74, 6) is -1.74. The molecule has 0 bridgehead atoms. The van der Waals surface area contributed by atoms with E-state index in [1.807, 2.05) is 0 Å². The quantitative estimate of drug-likeness (QED) is 0.641. The summed E-state index contributed by atoms with van der Waals surface area (Å²) < 4.78 is 42.6. The Balaban J connectivity index is 1.55. The molecule has 3 N–H and O–H groups in total. The summed E-state index contributed by atoms with van der Waals surface area (Å²) in [6.07, 6.45) is 2.07. The van der Waals surface area contributed by atoms with Gasteiger partial charge in [0.15, 0.2) is 11.6 Å². The first-order chi connectivity index (χ1) is 14.4. The summed E-state index contributed by atoms with van der Waals surface area (Å²) in [6, 6.07) is 10.5. The summed E-state index contributed by atoms with van der Waals surface area (Å²) in [5.41, 5.74) is 5.97. The van der Waals surface area contributed by atoms with Gasteiger partial charge in [-0.15, -0.1) is 0 Å². The monoisotopic (exact) mass is 412 g/mol. The maximum Gasteiger partial charge on any atom is 0.248 e. The second kappa shape index (κ2) is 7.78. The first-order valence-corrected chi connectivity index (χ1v) is 9.43. The zero-order valence-electron chi connectivity index (χ0n) is 15.9. The van der Waals surface area contributed by atoms with Gasteiger partial charge in [0.05, 0.1) is 5.69 Å². The van der Waals surface area contributed by atoms with E-state index in [0.717, 1.165) is 0 Å². The second-order valence-corrected chi connectivity index (χ2v) is 7.47. The smallest absolute Gasteiger partial charge is 0.248 e. The van der Waals surface area contributed by atoms with Crippen LogP contribution in [0.5, 0.6) is 0 Å². The fourth-order valence-electron chi connectivity index (χ4n) is 3.82. The van der Waals surface area contributed by atoms with Crippen LogP contribution < -0.4 is 11.1 Å². The van der Waals surface area contributed by atoms with E-state index < -0.39 is 29.1 Å². The average Bonchev–Trinajstić information content (AvgIpc) is 2.71. The first-order valence-electron chi connectivity index (χ1n) is 9.43. The van der Waals surface area contributed by atoms with Gasteiger partial charge in [0, 0.05) is 35.5 Å². The van der Waals surface area contributed by atoms with Gasteiger partial charge >= 0.3 is 0 Å². The number of primary amides is 1. The van der Waals surface area contributed by atoms with Crippen LogP contribution in [0, 0.1) is 11.6 Å². The normalized spacial score (nSPS) is 20.4. The molecular weight excluding hydrogens is 393 g/mol. The van der Waals surface area contributed by atoms with Crippen LogP contribution in [0.25, 0.3) is 11.1 Å². The van der Waals surface area contributed by atoms with Gasteiger partial charge in [-0.25, -0.2) is 18.2 Å². The summed E-state index contributed by atoms with van der Waals surface area (Å²) in [7, 11) is 0. The fourth-order valence-corrected chi connectivity index (χ4v) is 3.82. The molecule has 0 atom stereocenters. The predicted octanol–water partition coefficient (Wildman–Crippen LogP) is 4.00. The highest BCUT2D eigenvalue weighted by Crippen LogP contribution is 2.45. The van der Waals surface area contributed by atoms with Gasteiger partial charge in [0.1, 0.15) is 12.0 Å². The van der Waals surface area contributed by atoms with Crippen LogP contribution in [0.15, 0.2) is 54.9 Å². The van der Waals surface area contributed by atoms with Gasteiger partial charge in [0.2, 0.25) is 5.91 Å². The molecule has 1 aliphatic carbocycles. The van der Waals surface area contributed by atoms with Crippen molar-refractivity contribution in [2.75, 3.05) is 11.9 Å². The molecule has 1 aromatic carbocycles. The molecule has 3 aromatic rings. The Morgan fingerprint density at radius 2 is 1.90 bits per heavy atom. The number of pyridine rings is 2. The standard InChI is InChI=1S/C22H19F3N4O/c23-16-9-22(10-16,19-17(24)5-2-6-27-19)12-29-21-18(25)8-15(11-28-21)13-3-1-4-14(7-13)20(26)30/h1-8,11,16H,9-10,12H2,(H2,26,30)(H,28,29). The molecule has 2 heterocycles. The summed E-state index contributed by atoms with van der Waals surface area (Å²) in [5, 5.41) is 2.88. The van der Waals surface area contributed by atoms with Crippen molar-refractivity contribution < 1.29 is 18.0 Å². The molecule has 0 unspecified atom stereocenters. The molecule has 1 amide bonds. The molecule has 1 saturated carbocycles. The van der Waals surface area contributed by atoms with E-state index >= 15 is 0 Å². The zero-order valence-corrected chi connectivity index (χ0v) is 15.9. The van der Waals surface area contributed by atoms with Crippen LogP contribution in [0.4, 0.5) is 19.0 Å². The maximum absolute atomic E-state index is 14.7. The van der Waals surface area contributed by atoms with Crippen LogP contribution in [0.2, 0.25) is 0 Å². The van der Waals surface area contributed by atoms with E-state index in [1.165, 1.54) is 30.6 Å². The number of benzene rings is 1. The van der Waals surface area contributed by atoms with Crippen LogP contribution in [0.3, 0.4) is 0 Å². The van der Waals surface area contributed by atoms with Crippen LogP contribution >= 0.6 is 0 Å². The fraction of sp³-hybridized carbons (Fsp3) is 0.227. The lowest BCUT2D eigenvalue weighted by Gasteiger charge is -2.44. The Labute approximate surface area is 171 Å². The molecule has 1 fully saturated rings. The number of hydrogen-bond acceptors (Lipinski definition) is 4. The number of aromatic nitrogens is 2. The van der Waals surface area contributed by atoms with E-state index in [0.29, 0.717) is 16.7 Å². The highest BCUT2D eigenvalue weighted by atomic mass is 19.1. The van der Waals surface area contributed by atoms with Gasteiger partial charge in [-0.1, -0.05) is 12.1 Å². The van der Waals surface area contributed by atoms with E-state index in [2.05, 4.69) is 15.3 Å². The van der Waals surface area contributed by atoms with Crippen molar-refractivity contribution in [2.24, 2.45) is 5.73 Å². The third-order valence-corrected chi connectivity index (χ3v) is 5.40. The van der Waals surface area contributed by atoms with Crippen molar-refractivity contribution in [3.8, 4) is 11.1 Å². The van der Waals surface area contributed by atoms with Crippen LogP contribution in [0.1, 0.15) is 28.9 Å².